The van der Waals surface area contributed by atoms with Crippen LogP contribution in [-0.2, 0) is 29.7 Å². The van der Waals surface area contributed by atoms with Crippen LogP contribution in [0.3, 0.4) is 0 Å². The van der Waals surface area contributed by atoms with Crippen LogP contribution >= 0.6 is 8.53 Å². The molecule has 6 aromatic carbocycles. The summed E-state index contributed by atoms with van der Waals surface area (Å²) in [6.07, 6.45) is -1.29. The van der Waals surface area contributed by atoms with Gasteiger partial charge in [-0.05, 0) is 60.4 Å². The molecule has 2 aliphatic heterocycles. The van der Waals surface area contributed by atoms with Gasteiger partial charge >= 0.3 is 0 Å². The highest BCUT2D eigenvalue weighted by molar-refractivity contribution is 7.49. The van der Waals surface area contributed by atoms with Crippen molar-refractivity contribution >= 4 is 19.9 Å². The zero-order valence-corrected chi connectivity index (χ0v) is 28.4. The number of hydrogen-bond acceptors (Lipinski definition) is 5. The summed E-state index contributed by atoms with van der Waals surface area (Å²) in [4.78, 5) is 0. The summed E-state index contributed by atoms with van der Waals surface area (Å²) < 4.78 is 32.1. The Morgan fingerprint density at radius 1 is 0.408 bits per heavy atom. The third-order valence-electron chi connectivity index (χ3n) is 9.32. The van der Waals surface area contributed by atoms with E-state index in [2.05, 4.69) is 126 Å². The maximum absolute atomic E-state index is 7.81. The first-order valence-electron chi connectivity index (χ1n) is 16.7. The third-order valence-corrected chi connectivity index (χ3v) is 11.0. The number of anilines is 2. The van der Waals surface area contributed by atoms with Crippen LogP contribution in [0.2, 0.25) is 0 Å². The molecule has 2 heterocycles. The van der Waals surface area contributed by atoms with E-state index in [-0.39, 0.29) is 0 Å². The van der Waals surface area contributed by atoms with Gasteiger partial charge in [0.05, 0.1) is 0 Å². The molecule has 2 saturated heterocycles. The van der Waals surface area contributed by atoms with Crippen LogP contribution in [0.25, 0.3) is 0 Å². The molecule has 6 heteroatoms. The van der Waals surface area contributed by atoms with Gasteiger partial charge in [0.2, 0.25) is 0 Å². The zero-order valence-electron chi connectivity index (χ0n) is 27.5. The molecule has 0 aromatic heterocycles. The van der Waals surface area contributed by atoms with Gasteiger partial charge in [-0.1, -0.05) is 158 Å². The summed E-state index contributed by atoms with van der Waals surface area (Å²) in [6.45, 7) is 3.96. The van der Waals surface area contributed by atoms with Gasteiger partial charge < -0.3 is 9.47 Å². The Balaban J connectivity index is 1.50. The normalized spacial score (nSPS) is 20.9. The molecular weight excluding hydrogens is 625 g/mol. The van der Waals surface area contributed by atoms with Gasteiger partial charge in [-0.2, -0.15) is 0 Å². The summed E-state index contributed by atoms with van der Waals surface area (Å²) >= 11 is 0. The smallest absolute Gasteiger partial charge is 0.297 e. The van der Waals surface area contributed by atoms with E-state index >= 15 is 0 Å². The van der Waals surface area contributed by atoms with Crippen LogP contribution in [-0.4, -0.2) is 18.0 Å². The molecular formula is C43H38NO4P. The second-order valence-electron chi connectivity index (χ2n) is 12.8. The van der Waals surface area contributed by atoms with E-state index in [0.717, 1.165) is 33.6 Å². The molecule has 0 radical (unpaired) electrons. The van der Waals surface area contributed by atoms with E-state index in [9.17, 15) is 0 Å². The van der Waals surface area contributed by atoms with Gasteiger partial charge in [-0.25, -0.2) is 0 Å². The van der Waals surface area contributed by atoms with Crippen LogP contribution in [0.15, 0.2) is 182 Å². The minimum Gasteiger partial charge on any atom is -0.341 e. The molecule has 6 aromatic rings. The molecule has 2 fully saturated rings. The number of rotatable bonds is 7. The highest BCUT2D eigenvalue weighted by Crippen LogP contribution is 2.67. The highest BCUT2D eigenvalue weighted by Gasteiger charge is 2.67. The molecule has 5 nitrogen and oxygen atoms in total. The fourth-order valence-electron chi connectivity index (χ4n) is 7.23. The molecule has 0 saturated carbocycles. The molecule has 0 bridgehead atoms. The van der Waals surface area contributed by atoms with Crippen molar-refractivity contribution in [2.75, 3.05) is 4.67 Å². The van der Waals surface area contributed by atoms with E-state index in [1.54, 1.807) is 0 Å². The minimum atomic E-state index is -1.97. The van der Waals surface area contributed by atoms with Crippen molar-refractivity contribution in [3.05, 3.63) is 204 Å². The van der Waals surface area contributed by atoms with Crippen molar-refractivity contribution in [3.63, 3.8) is 0 Å². The van der Waals surface area contributed by atoms with Crippen molar-refractivity contribution in [2.45, 2.75) is 43.0 Å². The number of fused-ring (bicyclic) bond motifs is 1. The van der Waals surface area contributed by atoms with Crippen molar-refractivity contribution < 1.29 is 18.5 Å². The fraction of sp³-hybridized carbons (Fsp3) is 0.163. The van der Waals surface area contributed by atoms with Gasteiger partial charge in [0.1, 0.15) is 12.2 Å². The Labute approximate surface area is 289 Å². The molecule has 0 amide bonds. The predicted octanol–water partition coefficient (Wildman–Crippen LogP) is 10.5. The molecule has 8 rings (SSSR count). The summed E-state index contributed by atoms with van der Waals surface area (Å²) in [5.74, 6) is -0.954. The molecule has 2 atom stereocenters. The first kappa shape index (κ1) is 31.6. The Morgan fingerprint density at radius 2 is 0.673 bits per heavy atom. The summed E-state index contributed by atoms with van der Waals surface area (Å²) in [5, 5.41) is 0. The standard InChI is InChI=1S/C43H38NO4P/c1-41(2)45-39-40(46-41)43(35-25-13-5-14-26-35,36-27-15-6-16-28-36)48-49(44(37-29-17-7-18-30-37)38-31-19-8-20-32-38)47-42(39,33-21-9-3-10-22-33)34-23-11-4-12-24-34/h3-32,39-40H,1-2H3/t39-,40-/m1/s1. The molecule has 49 heavy (non-hydrogen) atoms. The van der Waals surface area contributed by atoms with E-state index in [4.69, 9.17) is 18.5 Å². The lowest BCUT2D eigenvalue weighted by Gasteiger charge is -2.42. The number of para-hydroxylation sites is 2. The molecule has 0 unspecified atom stereocenters. The topological polar surface area (TPSA) is 40.2 Å². The number of hydrogen-bond donors (Lipinski definition) is 0. The SMILES string of the molecule is CC1(C)O[C@@H]2[C@@H](O1)C(c1ccccc1)(c1ccccc1)OP(N(c1ccccc1)c1ccccc1)OC2(c1ccccc1)c1ccccc1. The largest absolute Gasteiger partial charge is 0.341 e. The van der Waals surface area contributed by atoms with Crippen molar-refractivity contribution in [2.24, 2.45) is 0 Å². The van der Waals surface area contributed by atoms with Gasteiger partial charge in [-0.3, -0.25) is 13.7 Å². The van der Waals surface area contributed by atoms with E-state index in [1.807, 2.05) is 74.5 Å². The Bertz CT molecular complexity index is 1740. The minimum absolute atomic E-state index is 0.645. The van der Waals surface area contributed by atoms with Gasteiger partial charge in [0, 0.05) is 11.4 Å². The summed E-state index contributed by atoms with van der Waals surface area (Å²) in [7, 11) is -1.97. The van der Waals surface area contributed by atoms with Gasteiger partial charge in [0.15, 0.2) is 17.0 Å². The average Bonchev–Trinajstić information content (AvgIpc) is 3.44. The van der Waals surface area contributed by atoms with Crippen LogP contribution in [0, 0.1) is 0 Å². The zero-order chi connectivity index (χ0) is 33.3. The predicted molar refractivity (Wildman–Crippen MR) is 195 cm³/mol. The molecule has 2 aliphatic rings. The lowest BCUT2D eigenvalue weighted by atomic mass is 9.72. The van der Waals surface area contributed by atoms with Gasteiger partial charge in [0.25, 0.3) is 8.53 Å². The van der Waals surface area contributed by atoms with Gasteiger partial charge in [-0.15, -0.1) is 0 Å². The third kappa shape index (κ3) is 5.58. The highest BCUT2D eigenvalue weighted by atomic mass is 31.2. The number of benzene rings is 6. The van der Waals surface area contributed by atoms with Crippen molar-refractivity contribution in [3.8, 4) is 0 Å². The maximum atomic E-state index is 7.81. The first-order chi connectivity index (χ1) is 24.0. The lowest BCUT2D eigenvalue weighted by Crippen LogP contribution is -2.53. The van der Waals surface area contributed by atoms with Crippen molar-refractivity contribution in [1.29, 1.82) is 0 Å². The quantitative estimate of drug-likeness (QED) is 0.159. The first-order valence-corrected chi connectivity index (χ1v) is 17.8. The fourth-order valence-corrected chi connectivity index (χ4v) is 9.19. The second kappa shape index (κ2) is 13.0. The van der Waals surface area contributed by atoms with Crippen LogP contribution in [0.4, 0.5) is 11.4 Å². The monoisotopic (exact) mass is 663 g/mol. The summed E-state index contributed by atoms with van der Waals surface area (Å²) in [6, 6.07) is 62.2. The lowest BCUT2D eigenvalue weighted by molar-refractivity contribution is -0.174. The van der Waals surface area contributed by atoms with Crippen LogP contribution in [0.5, 0.6) is 0 Å². The number of nitrogens with zero attached hydrogens (tertiary/aromatic N) is 1. The molecule has 0 spiro atoms. The van der Waals surface area contributed by atoms with E-state index in [0.29, 0.717) is 0 Å². The Kier molecular flexibility index (Phi) is 8.41. The summed E-state index contributed by atoms with van der Waals surface area (Å²) in [5.41, 5.74) is 3.38. The molecule has 0 N–H and O–H groups in total. The number of ether oxygens (including phenoxy) is 2. The second-order valence-corrected chi connectivity index (χ2v) is 14.1. The van der Waals surface area contributed by atoms with Crippen molar-refractivity contribution in [1.82, 2.24) is 0 Å². The Morgan fingerprint density at radius 3 is 0.959 bits per heavy atom. The van der Waals surface area contributed by atoms with E-state index in [1.165, 1.54) is 0 Å². The molecule has 244 valence electrons. The molecule has 0 aliphatic carbocycles. The maximum Gasteiger partial charge on any atom is 0.297 e. The van der Waals surface area contributed by atoms with Crippen LogP contribution in [0.1, 0.15) is 36.1 Å². The van der Waals surface area contributed by atoms with E-state index < -0.39 is 37.7 Å². The van der Waals surface area contributed by atoms with Crippen LogP contribution < -0.4 is 4.67 Å². The average molecular weight is 664 g/mol. The Hall–Kier alpha value is -4.61.